The Morgan fingerprint density at radius 1 is 0.420 bits per heavy atom. The molecule has 0 amide bonds. The smallest absolute Gasteiger partial charge is 0.335 e. The normalized spacial score (nSPS) is 18.2. The van der Waals surface area contributed by atoms with Gasteiger partial charge in [0, 0.05) is 19.3 Å². The first kappa shape index (κ1) is 75.2. The Morgan fingerprint density at radius 3 is 1.21 bits per heavy atom. The van der Waals surface area contributed by atoms with Crippen molar-refractivity contribution in [2.45, 2.75) is 327 Å². The van der Waals surface area contributed by atoms with E-state index in [9.17, 15) is 34.5 Å². The molecule has 0 spiro atoms. The number of carbonyl (C=O) groups excluding carboxylic acids is 3. The number of ether oxygens (including phenoxy) is 5. The number of esters is 3. The van der Waals surface area contributed by atoms with Gasteiger partial charge in [-0.05, 0) is 89.9 Å². The van der Waals surface area contributed by atoms with Crippen LogP contribution in [-0.2, 0) is 42.9 Å². The lowest BCUT2D eigenvalue weighted by atomic mass is 9.98. The van der Waals surface area contributed by atoms with Crippen molar-refractivity contribution in [3.05, 3.63) is 72.9 Å². The van der Waals surface area contributed by atoms with E-state index in [0.717, 1.165) is 141 Å². The Morgan fingerprint density at radius 2 is 0.778 bits per heavy atom. The zero-order chi connectivity index (χ0) is 58.9. The van der Waals surface area contributed by atoms with Gasteiger partial charge >= 0.3 is 23.9 Å². The highest BCUT2D eigenvalue weighted by Gasteiger charge is 2.50. The predicted octanol–water partition coefficient (Wildman–Crippen LogP) is 17.7. The molecule has 466 valence electrons. The maximum atomic E-state index is 13.2. The Hall–Kier alpha value is -3.84. The number of unbranched alkanes of at least 4 members (excludes halogenated alkanes) is 30. The molecule has 3 N–H and O–H groups in total. The van der Waals surface area contributed by atoms with Crippen LogP contribution in [0.1, 0.15) is 290 Å². The molecular formula is C69H118O12. The number of carboxylic acids is 1. The standard InChI is InChI=1S/C69H118O12/c1-4-7-10-13-16-19-22-25-28-30-31-33-35-37-40-43-46-49-52-55-61(70)77-58-60(79-62(71)56-53-50-47-44-41-39-36-32-29-26-23-20-17-14-11-8-5-2)59-78-69-67(65(74)64(73)66(81-69)68(75)76)80-63(72)57-54-51-48-45-42-38-34-27-24-21-18-15-12-9-6-3/h8,11,16-17,19-20,25-26,28-29,31,33,60,64-67,69,73-74H,4-7,9-10,12-15,18,21-24,27,30,32,34-59H2,1-3H3,(H,75,76)/b11-8-,19-16-,20-17-,28-25-,29-26-,33-31-. The van der Waals surface area contributed by atoms with E-state index in [-0.39, 0.29) is 25.9 Å². The molecule has 12 heteroatoms. The molecule has 6 unspecified atom stereocenters. The summed E-state index contributed by atoms with van der Waals surface area (Å²) in [4.78, 5) is 51.4. The summed E-state index contributed by atoms with van der Waals surface area (Å²) < 4.78 is 28.5. The van der Waals surface area contributed by atoms with Gasteiger partial charge in [-0.25, -0.2) is 4.79 Å². The first-order valence-electron chi connectivity index (χ1n) is 32.9. The van der Waals surface area contributed by atoms with Crippen LogP contribution in [0, 0.1) is 0 Å². The van der Waals surface area contributed by atoms with Crippen molar-refractivity contribution in [2.24, 2.45) is 0 Å². The Bertz CT molecular complexity index is 1680. The third-order valence-electron chi connectivity index (χ3n) is 14.8. The van der Waals surface area contributed by atoms with E-state index in [1.54, 1.807) is 0 Å². The van der Waals surface area contributed by atoms with Crippen LogP contribution in [-0.4, -0.2) is 89.2 Å². The molecule has 0 radical (unpaired) electrons. The molecule has 1 heterocycles. The summed E-state index contributed by atoms with van der Waals surface area (Å²) in [5, 5.41) is 31.6. The largest absolute Gasteiger partial charge is 0.479 e. The summed E-state index contributed by atoms with van der Waals surface area (Å²) in [7, 11) is 0. The molecule has 1 rings (SSSR count). The maximum absolute atomic E-state index is 13.2. The lowest BCUT2D eigenvalue weighted by molar-refractivity contribution is -0.301. The number of carboxylic acid groups (broad SMARTS) is 1. The third kappa shape index (κ3) is 46.3. The van der Waals surface area contributed by atoms with Gasteiger partial charge in [-0.1, -0.05) is 254 Å². The Kier molecular flexibility index (Phi) is 52.6. The van der Waals surface area contributed by atoms with E-state index >= 15 is 0 Å². The highest BCUT2D eigenvalue weighted by molar-refractivity contribution is 5.74. The van der Waals surface area contributed by atoms with Gasteiger partial charge in [0.25, 0.3) is 0 Å². The molecule has 1 aliphatic rings. The summed E-state index contributed by atoms with van der Waals surface area (Å²) >= 11 is 0. The quantitative estimate of drug-likeness (QED) is 0.0228. The van der Waals surface area contributed by atoms with E-state index in [1.807, 2.05) is 0 Å². The van der Waals surface area contributed by atoms with E-state index in [1.165, 1.54) is 89.9 Å². The summed E-state index contributed by atoms with van der Waals surface area (Å²) in [6.07, 6.45) is 59.9. The average molecular weight is 1140 g/mol. The van der Waals surface area contributed by atoms with E-state index in [4.69, 9.17) is 23.7 Å². The molecular weight excluding hydrogens is 1020 g/mol. The predicted molar refractivity (Wildman–Crippen MR) is 331 cm³/mol. The van der Waals surface area contributed by atoms with Crippen molar-refractivity contribution < 1.29 is 58.2 Å². The minimum atomic E-state index is -1.91. The molecule has 0 aromatic rings. The van der Waals surface area contributed by atoms with Gasteiger partial charge in [0.05, 0.1) is 6.61 Å². The number of aliphatic hydroxyl groups is 2. The fourth-order valence-corrected chi connectivity index (χ4v) is 9.74. The highest BCUT2D eigenvalue weighted by Crippen LogP contribution is 2.27. The second-order valence-corrected chi connectivity index (χ2v) is 22.4. The zero-order valence-corrected chi connectivity index (χ0v) is 51.5. The van der Waals surface area contributed by atoms with Crippen molar-refractivity contribution in [1.29, 1.82) is 0 Å². The fraction of sp³-hybridized carbons (Fsp3) is 0.768. The van der Waals surface area contributed by atoms with Crippen molar-refractivity contribution in [3.63, 3.8) is 0 Å². The molecule has 0 aromatic carbocycles. The van der Waals surface area contributed by atoms with Crippen molar-refractivity contribution in [2.75, 3.05) is 13.2 Å². The van der Waals surface area contributed by atoms with Gasteiger partial charge in [-0.2, -0.15) is 0 Å². The summed E-state index contributed by atoms with van der Waals surface area (Å²) in [5.41, 5.74) is 0. The first-order valence-corrected chi connectivity index (χ1v) is 32.9. The van der Waals surface area contributed by atoms with E-state index in [2.05, 4.69) is 93.7 Å². The summed E-state index contributed by atoms with van der Waals surface area (Å²) in [5.74, 6) is -3.13. The van der Waals surface area contributed by atoms with Crippen molar-refractivity contribution in [3.8, 4) is 0 Å². The SMILES string of the molecule is CC/C=C\C/C=C\C/C=C\CCCCCCCCCC(=O)OC(COC(=O)CCCCCCCC/C=C\C/C=C\C/C=C\CCCCC)COC1OC(C(=O)O)C(O)C(O)C1OC(=O)CCCCCCCCCCCCCCCCC. The van der Waals surface area contributed by atoms with Crippen LogP contribution in [0.25, 0.3) is 0 Å². The molecule has 0 saturated carbocycles. The van der Waals surface area contributed by atoms with E-state index < -0.39 is 67.3 Å². The van der Waals surface area contributed by atoms with Gasteiger partial charge in [0.1, 0.15) is 18.8 Å². The number of allylic oxidation sites excluding steroid dienone is 12. The van der Waals surface area contributed by atoms with Gasteiger partial charge < -0.3 is 39.0 Å². The number of rotatable bonds is 56. The number of carbonyl (C=O) groups is 4. The van der Waals surface area contributed by atoms with Crippen molar-refractivity contribution >= 4 is 23.9 Å². The Labute approximate surface area is 493 Å². The number of aliphatic carboxylic acids is 1. The van der Waals surface area contributed by atoms with Crippen LogP contribution >= 0.6 is 0 Å². The second-order valence-electron chi connectivity index (χ2n) is 22.4. The average Bonchev–Trinajstić information content (AvgIpc) is 3.52. The molecule has 12 nitrogen and oxygen atoms in total. The van der Waals surface area contributed by atoms with Crippen LogP contribution < -0.4 is 0 Å². The number of hydrogen-bond donors (Lipinski definition) is 3. The second kappa shape index (κ2) is 56.6. The van der Waals surface area contributed by atoms with Crippen LogP contribution in [0.4, 0.5) is 0 Å². The maximum Gasteiger partial charge on any atom is 0.335 e. The molecule has 0 aliphatic carbocycles. The summed E-state index contributed by atoms with van der Waals surface area (Å²) in [6.45, 7) is 5.87. The Balaban J connectivity index is 2.67. The molecule has 0 aromatic heterocycles. The van der Waals surface area contributed by atoms with Crippen LogP contribution in [0.3, 0.4) is 0 Å². The molecule has 1 saturated heterocycles. The van der Waals surface area contributed by atoms with Gasteiger partial charge in [0.15, 0.2) is 24.6 Å². The van der Waals surface area contributed by atoms with Crippen molar-refractivity contribution in [1.82, 2.24) is 0 Å². The fourth-order valence-electron chi connectivity index (χ4n) is 9.74. The minimum Gasteiger partial charge on any atom is -0.479 e. The lowest BCUT2D eigenvalue weighted by Crippen LogP contribution is -2.61. The molecule has 0 bridgehead atoms. The highest BCUT2D eigenvalue weighted by atomic mass is 16.7. The molecule has 1 aliphatic heterocycles. The molecule has 1 fully saturated rings. The van der Waals surface area contributed by atoms with Gasteiger partial charge in [-0.15, -0.1) is 0 Å². The minimum absolute atomic E-state index is 0.0599. The topological polar surface area (TPSA) is 175 Å². The summed E-state index contributed by atoms with van der Waals surface area (Å²) in [6, 6.07) is 0. The van der Waals surface area contributed by atoms with Gasteiger partial charge in [-0.3, -0.25) is 14.4 Å². The monoisotopic (exact) mass is 1140 g/mol. The molecule has 81 heavy (non-hydrogen) atoms. The van der Waals surface area contributed by atoms with Crippen LogP contribution in [0.15, 0.2) is 72.9 Å². The lowest BCUT2D eigenvalue weighted by Gasteiger charge is -2.40. The third-order valence-corrected chi connectivity index (χ3v) is 14.8. The van der Waals surface area contributed by atoms with Crippen LogP contribution in [0.2, 0.25) is 0 Å². The molecule has 6 atom stereocenters. The van der Waals surface area contributed by atoms with Crippen LogP contribution in [0.5, 0.6) is 0 Å². The zero-order valence-electron chi connectivity index (χ0n) is 51.5. The number of aliphatic hydroxyl groups excluding tert-OH is 2. The number of hydrogen-bond acceptors (Lipinski definition) is 11. The van der Waals surface area contributed by atoms with Gasteiger partial charge in [0.2, 0.25) is 0 Å². The first-order chi connectivity index (χ1) is 39.6. The van der Waals surface area contributed by atoms with E-state index in [0.29, 0.717) is 19.3 Å².